The molecule has 0 heterocycles. The van der Waals surface area contributed by atoms with Gasteiger partial charge in [0.15, 0.2) is 0 Å². The summed E-state index contributed by atoms with van der Waals surface area (Å²) >= 11 is 9.26. The van der Waals surface area contributed by atoms with E-state index < -0.39 is 15.9 Å². The zero-order valence-corrected chi connectivity index (χ0v) is 14.0. The first-order valence-corrected chi connectivity index (χ1v) is 8.75. The van der Waals surface area contributed by atoms with E-state index in [1.807, 2.05) is 0 Å². The van der Waals surface area contributed by atoms with Gasteiger partial charge in [0.25, 0.3) is 5.91 Å². The first-order valence-electron chi connectivity index (χ1n) is 5.51. The van der Waals surface area contributed by atoms with Gasteiger partial charge in [-0.3, -0.25) is 4.79 Å². The van der Waals surface area contributed by atoms with E-state index in [0.29, 0.717) is 10.6 Å². The predicted octanol–water partition coefficient (Wildman–Crippen LogP) is 2.61. The minimum Gasteiger partial charge on any atom is -0.338 e. The number of carbonyl (C=O) groups excluding carboxylic acids is 1. The lowest BCUT2D eigenvalue weighted by atomic mass is 10.2. The summed E-state index contributed by atoms with van der Waals surface area (Å²) in [5.41, 5.74) is 0.346. The minimum absolute atomic E-state index is 0.0825. The average molecular weight is 369 g/mol. The molecule has 1 amide bonds. The molecule has 0 saturated carbocycles. The van der Waals surface area contributed by atoms with E-state index in [2.05, 4.69) is 15.9 Å². The Kier molecular flexibility index (Phi) is 5.41. The van der Waals surface area contributed by atoms with Crippen molar-refractivity contribution in [1.82, 2.24) is 4.90 Å². The Morgan fingerprint density at radius 3 is 2.58 bits per heavy atom. The van der Waals surface area contributed by atoms with Crippen LogP contribution in [0.5, 0.6) is 0 Å². The molecule has 0 N–H and O–H groups in total. The Hall–Kier alpha value is -0.590. The van der Waals surface area contributed by atoms with Crippen LogP contribution >= 0.6 is 27.5 Å². The average Bonchev–Trinajstić information content (AvgIpc) is 2.28. The number of hydrogen-bond donors (Lipinski definition) is 0. The maximum Gasteiger partial charge on any atom is 0.255 e. The molecule has 106 valence electrons. The smallest absolute Gasteiger partial charge is 0.255 e. The maximum atomic E-state index is 12.3. The molecule has 0 fully saturated rings. The first kappa shape index (κ1) is 16.5. The van der Waals surface area contributed by atoms with Gasteiger partial charge in [-0.1, -0.05) is 27.5 Å². The predicted molar refractivity (Wildman–Crippen MR) is 80.4 cm³/mol. The largest absolute Gasteiger partial charge is 0.338 e. The van der Waals surface area contributed by atoms with E-state index in [4.69, 9.17) is 11.6 Å². The van der Waals surface area contributed by atoms with E-state index in [1.54, 1.807) is 32.2 Å². The van der Waals surface area contributed by atoms with Gasteiger partial charge in [0.1, 0.15) is 9.84 Å². The SMILES string of the molecule is CC(CS(C)(=O)=O)N(C)C(=O)c1cc(Br)ccc1Cl. The van der Waals surface area contributed by atoms with E-state index >= 15 is 0 Å². The van der Waals surface area contributed by atoms with Crippen molar-refractivity contribution in [2.75, 3.05) is 19.1 Å². The molecule has 0 aliphatic carbocycles. The van der Waals surface area contributed by atoms with E-state index in [-0.39, 0.29) is 11.7 Å². The topological polar surface area (TPSA) is 54.5 Å². The fraction of sp³-hybridized carbons (Fsp3) is 0.417. The first-order chi connectivity index (χ1) is 8.61. The van der Waals surface area contributed by atoms with Gasteiger partial charge < -0.3 is 4.90 Å². The van der Waals surface area contributed by atoms with Gasteiger partial charge >= 0.3 is 0 Å². The molecule has 4 nitrogen and oxygen atoms in total. The molecule has 1 rings (SSSR count). The van der Waals surface area contributed by atoms with Crippen LogP contribution in [0, 0.1) is 0 Å². The second kappa shape index (κ2) is 6.24. The van der Waals surface area contributed by atoms with Crippen molar-refractivity contribution in [3.8, 4) is 0 Å². The van der Waals surface area contributed by atoms with Gasteiger partial charge in [0, 0.05) is 23.8 Å². The van der Waals surface area contributed by atoms with Crippen LogP contribution in [0.4, 0.5) is 0 Å². The summed E-state index contributed by atoms with van der Waals surface area (Å²) < 4.78 is 23.2. The summed E-state index contributed by atoms with van der Waals surface area (Å²) in [6, 6.07) is 4.55. The van der Waals surface area contributed by atoms with Gasteiger partial charge in [-0.05, 0) is 25.1 Å². The van der Waals surface area contributed by atoms with Crippen LogP contribution < -0.4 is 0 Å². The fourth-order valence-electron chi connectivity index (χ4n) is 1.60. The lowest BCUT2D eigenvalue weighted by molar-refractivity contribution is 0.0757. The second-order valence-electron chi connectivity index (χ2n) is 4.48. The molecular weight excluding hydrogens is 354 g/mol. The molecule has 0 saturated heterocycles. The highest BCUT2D eigenvalue weighted by molar-refractivity contribution is 9.10. The zero-order valence-electron chi connectivity index (χ0n) is 10.9. The van der Waals surface area contributed by atoms with E-state index in [0.717, 1.165) is 10.7 Å². The summed E-state index contributed by atoms with van der Waals surface area (Å²) in [6.07, 6.45) is 1.15. The third-order valence-electron chi connectivity index (χ3n) is 2.68. The van der Waals surface area contributed by atoms with Gasteiger partial charge in [0.05, 0.1) is 16.3 Å². The van der Waals surface area contributed by atoms with Crippen LogP contribution in [0.3, 0.4) is 0 Å². The Bertz CT molecular complexity index is 589. The van der Waals surface area contributed by atoms with Gasteiger partial charge in [-0.25, -0.2) is 8.42 Å². The van der Waals surface area contributed by atoms with Gasteiger partial charge in [-0.15, -0.1) is 0 Å². The third-order valence-corrected chi connectivity index (χ3v) is 4.60. The molecule has 0 aliphatic heterocycles. The molecule has 1 unspecified atom stereocenters. The third kappa shape index (κ3) is 4.78. The zero-order chi connectivity index (χ0) is 14.8. The van der Waals surface area contributed by atoms with Crippen molar-refractivity contribution >= 4 is 43.3 Å². The molecule has 0 aromatic heterocycles. The van der Waals surface area contributed by atoms with Crippen molar-refractivity contribution in [2.45, 2.75) is 13.0 Å². The number of rotatable bonds is 4. The quantitative estimate of drug-likeness (QED) is 0.821. The molecule has 0 bridgehead atoms. The summed E-state index contributed by atoms with van der Waals surface area (Å²) in [6.45, 7) is 1.69. The highest BCUT2D eigenvalue weighted by Crippen LogP contribution is 2.22. The molecule has 0 aliphatic rings. The summed E-state index contributed by atoms with van der Waals surface area (Å²) in [4.78, 5) is 13.7. The number of benzene rings is 1. The monoisotopic (exact) mass is 367 g/mol. The summed E-state index contributed by atoms with van der Waals surface area (Å²) in [5.74, 6) is -0.386. The molecule has 0 spiro atoms. The Morgan fingerprint density at radius 2 is 2.05 bits per heavy atom. The van der Waals surface area contributed by atoms with Gasteiger partial charge in [0.2, 0.25) is 0 Å². The highest BCUT2D eigenvalue weighted by atomic mass is 79.9. The lowest BCUT2D eigenvalue weighted by Crippen LogP contribution is -2.39. The molecule has 1 atom stereocenters. The van der Waals surface area contributed by atoms with Crippen LogP contribution in [0.1, 0.15) is 17.3 Å². The summed E-state index contributed by atoms with van der Waals surface area (Å²) in [5, 5.41) is 0.339. The highest BCUT2D eigenvalue weighted by Gasteiger charge is 2.22. The molecule has 1 aromatic rings. The Morgan fingerprint density at radius 1 is 1.47 bits per heavy atom. The fourth-order valence-corrected chi connectivity index (χ4v) is 3.26. The number of hydrogen-bond acceptors (Lipinski definition) is 3. The van der Waals surface area contributed by atoms with Crippen molar-refractivity contribution < 1.29 is 13.2 Å². The Labute approximate surface area is 126 Å². The number of amides is 1. The van der Waals surface area contributed by atoms with Crippen LogP contribution in [0.25, 0.3) is 0 Å². The number of halogens is 2. The molecular formula is C12H15BrClNO3S. The van der Waals surface area contributed by atoms with Crippen LogP contribution in [-0.4, -0.2) is 44.3 Å². The lowest BCUT2D eigenvalue weighted by Gasteiger charge is -2.24. The molecule has 0 radical (unpaired) electrons. The van der Waals surface area contributed by atoms with Crippen molar-refractivity contribution in [3.05, 3.63) is 33.3 Å². The van der Waals surface area contributed by atoms with Crippen molar-refractivity contribution in [1.29, 1.82) is 0 Å². The molecule has 7 heteroatoms. The van der Waals surface area contributed by atoms with Crippen LogP contribution in [0.2, 0.25) is 5.02 Å². The number of carbonyl (C=O) groups is 1. The molecule has 1 aromatic carbocycles. The second-order valence-corrected chi connectivity index (χ2v) is 7.99. The summed E-state index contributed by atoms with van der Waals surface area (Å²) in [7, 11) is -1.57. The molecule has 19 heavy (non-hydrogen) atoms. The normalized spacial score (nSPS) is 13.1. The van der Waals surface area contributed by atoms with Crippen molar-refractivity contribution in [2.24, 2.45) is 0 Å². The van der Waals surface area contributed by atoms with E-state index in [9.17, 15) is 13.2 Å². The van der Waals surface area contributed by atoms with Crippen molar-refractivity contribution in [3.63, 3.8) is 0 Å². The minimum atomic E-state index is -3.14. The van der Waals surface area contributed by atoms with Crippen LogP contribution in [-0.2, 0) is 9.84 Å². The standard InChI is InChI=1S/C12H15BrClNO3S/c1-8(7-19(3,17)18)15(2)12(16)10-6-9(13)4-5-11(10)14/h4-6,8H,7H2,1-3H3. The number of nitrogens with zero attached hydrogens (tertiary/aromatic N) is 1. The van der Waals surface area contributed by atoms with E-state index in [1.165, 1.54) is 4.90 Å². The van der Waals surface area contributed by atoms with Gasteiger partial charge in [-0.2, -0.15) is 0 Å². The Balaban J connectivity index is 2.96. The maximum absolute atomic E-state index is 12.3. The number of sulfone groups is 1. The van der Waals surface area contributed by atoms with Crippen LogP contribution in [0.15, 0.2) is 22.7 Å².